The fourth-order valence-electron chi connectivity index (χ4n) is 3.23. The molecule has 4 heteroatoms. The zero-order valence-electron chi connectivity index (χ0n) is 15.9. The van der Waals surface area contributed by atoms with Crippen molar-refractivity contribution in [2.75, 3.05) is 5.32 Å². The van der Waals surface area contributed by atoms with Crippen LogP contribution in [0, 0.1) is 0 Å². The standard InChI is InChI=1S/C23H26N2O2/c1-3-4-13-22(27-17(2)26)20-10-5-8-18(15-20)16-25-21-12-6-9-19-11-7-14-24-23(19)21/h5-12,14-15,22,25H,3-4,13,16H2,1-2H3. The van der Waals surface area contributed by atoms with Crippen LogP contribution in [0.5, 0.6) is 0 Å². The van der Waals surface area contributed by atoms with E-state index in [9.17, 15) is 4.79 Å². The predicted octanol–water partition coefficient (Wildman–Crippen LogP) is 5.64. The van der Waals surface area contributed by atoms with Crippen molar-refractivity contribution in [3.05, 3.63) is 71.9 Å². The molecule has 27 heavy (non-hydrogen) atoms. The highest BCUT2D eigenvalue weighted by atomic mass is 16.5. The minimum absolute atomic E-state index is 0.179. The number of nitrogens with zero attached hydrogens (tertiary/aromatic N) is 1. The lowest BCUT2D eigenvalue weighted by molar-refractivity contribution is -0.147. The summed E-state index contributed by atoms with van der Waals surface area (Å²) in [4.78, 5) is 16.0. The van der Waals surface area contributed by atoms with E-state index in [0.717, 1.165) is 47.0 Å². The number of carbonyl (C=O) groups excluding carboxylic acids is 1. The molecule has 2 aromatic carbocycles. The molecule has 0 bridgehead atoms. The lowest BCUT2D eigenvalue weighted by atomic mass is 10.0. The quantitative estimate of drug-likeness (QED) is 0.527. The number of nitrogens with one attached hydrogen (secondary N) is 1. The van der Waals surface area contributed by atoms with Gasteiger partial charge in [-0.3, -0.25) is 9.78 Å². The second kappa shape index (κ2) is 9.17. The van der Waals surface area contributed by atoms with Gasteiger partial charge in [-0.2, -0.15) is 0 Å². The zero-order valence-corrected chi connectivity index (χ0v) is 15.9. The summed E-state index contributed by atoms with van der Waals surface area (Å²) in [6, 6.07) is 18.4. The van der Waals surface area contributed by atoms with E-state index in [1.165, 1.54) is 6.92 Å². The van der Waals surface area contributed by atoms with Gasteiger partial charge in [0.05, 0.1) is 11.2 Å². The molecule has 1 unspecified atom stereocenters. The summed E-state index contributed by atoms with van der Waals surface area (Å²) in [5, 5.41) is 4.60. The molecule has 0 fully saturated rings. The highest BCUT2D eigenvalue weighted by molar-refractivity contribution is 5.90. The Kier molecular flexibility index (Phi) is 6.42. The van der Waals surface area contributed by atoms with Gasteiger partial charge in [-0.15, -0.1) is 0 Å². The maximum Gasteiger partial charge on any atom is 0.303 e. The second-order valence-corrected chi connectivity index (χ2v) is 6.72. The van der Waals surface area contributed by atoms with Crippen molar-refractivity contribution in [3.63, 3.8) is 0 Å². The molecule has 3 aromatic rings. The number of hydrogen-bond donors (Lipinski definition) is 1. The number of aromatic nitrogens is 1. The van der Waals surface area contributed by atoms with Crippen molar-refractivity contribution < 1.29 is 9.53 Å². The average Bonchev–Trinajstić information content (AvgIpc) is 2.69. The molecule has 4 nitrogen and oxygen atoms in total. The van der Waals surface area contributed by atoms with Crippen molar-refractivity contribution in [1.29, 1.82) is 0 Å². The first-order valence-corrected chi connectivity index (χ1v) is 9.51. The van der Waals surface area contributed by atoms with Crippen LogP contribution in [0.2, 0.25) is 0 Å². The van der Waals surface area contributed by atoms with Crippen LogP contribution in [0.4, 0.5) is 5.69 Å². The van der Waals surface area contributed by atoms with Crippen LogP contribution < -0.4 is 5.32 Å². The molecule has 0 aliphatic rings. The normalized spacial score (nSPS) is 11.9. The Balaban J connectivity index is 1.75. The number of rotatable bonds is 8. The summed E-state index contributed by atoms with van der Waals surface area (Å²) in [6.45, 7) is 4.30. The van der Waals surface area contributed by atoms with Gasteiger partial charge in [-0.1, -0.05) is 55.8 Å². The molecule has 0 radical (unpaired) electrons. The van der Waals surface area contributed by atoms with Gasteiger partial charge in [0.2, 0.25) is 0 Å². The van der Waals surface area contributed by atoms with Crippen molar-refractivity contribution in [1.82, 2.24) is 4.98 Å². The Bertz CT molecular complexity index is 902. The Morgan fingerprint density at radius 1 is 1.15 bits per heavy atom. The van der Waals surface area contributed by atoms with Crippen LogP contribution in [0.1, 0.15) is 50.3 Å². The topological polar surface area (TPSA) is 51.2 Å². The third-order valence-corrected chi connectivity index (χ3v) is 4.57. The first-order valence-electron chi connectivity index (χ1n) is 9.51. The monoisotopic (exact) mass is 362 g/mol. The lowest BCUT2D eigenvalue weighted by Gasteiger charge is -2.18. The van der Waals surface area contributed by atoms with Gasteiger partial charge in [-0.05, 0) is 36.1 Å². The maximum absolute atomic E-state index is 11.5. The number of anilines is 1. The fraction of sp³-hybridized carbons (Fsp3) is 0.304. The SMILES string of the molecule is CCCCC(OC(C)=O)c1cccc(CNc2cccc3cccnc23)c1. The van der Waals surface area contributed by atoms with Gasteiger partial charge in [-0.25, -0.2) is 0 Å². The molecular formula is C23H26N2O2. The van der Waals surface area contributed by atoms with E-state index in [4.69, 9.17) is 4.74 Å². The van der Waals surface area contributed by atoms with E-state index in [2.05, 4.69) is 41.5 Å². The molecule has 1 N–H and O–H groups in total. The molecule has 3 rings (SSSR count). The highest BCUT2D eigenvalue weighted by Gasteiger charge is 2.14. The van der Waals surface area contributed by atoms with Crippen molar-refractivity contribution in [3.8, 4) is 0 Å². The van der Waals surface area contributed by atoms with Gasteiger partial charge in [0.1, 0.15) is 6.10 Å². The number of hydrogen-bond acceptors (Lipinski definition) is 4. The van der Waals surface area contributed by atoms with Gasteiger partial charge < -0.3 is 10.1 Å². The molecule has 0 saturated carbocycles. The van der Waals surface area contributed by atoms with Crippen molar-refractivity contribution >= 4 is 22.6 Å². The Morgan fingerprint density at radius 2 is 1.96 bits per heavy atom. The van der Waals surface area contributed by atoms with Crippen LogP contribution in [0.3, 0.4) is 0 Å². The summed E-state index contributed by atoms with van der Waals surface area (Å²) in [6.07, 6.45) is 4.59. The van der Waals surface area contributed by atoms with Gasteiger partial charge in [0, 0.05) is 25.1 Å². The van der Waals surface area contributed by atoms with Crippen LogP contribution in [0.25, 0.3) is 10.9 Å². The zero-order chi connectivity index (χ0) is 19.1. The van der Waals surface area contributed by atoms with Crippen molar-refractivity contribution in [2.45, 2.75) is 45.8 Å². The number of fused-ring (bicyclic) bond motifs is 1. The van der Waals surface area contributed by atoms with Gasteiger partial charge >= 0.3 is 5.97 Å². The van der Waals surface area contributed by atoms with E-state index in [-0.39, 0.29) is 12.1 Å². The van der Waals surface area contributed by atoms with E-state index < -0.39 is 0 Å². The van der Waals surface area contributed by atoms with Crippen LogP contribution >= 0.6 is 0 Å². The fourth-order valence-corrected chi connectivity index (χ4v) is 3.23. The van der Waals surface area contributed by atoms with Crippen molar-refractivity contribution in [2.24, 2.45) is 0 Å². The van der Waals surface area contributed by atoms with Crippen LogP contribution in [-0.2, 0) is 16.1 Å². The summed E-state index contributed by atoms with van der Waals surface area (Å²) in [7, 11) is 0. The largest absolute Gasteiger partial charge is 0.458 e. The number of benzene rings is 2. The number of unbranched alkanes of at least 4 members (excludes halogenated alkanes) is 1. The maximum atomic E-state index is 11.5. The molecular weight excluding hydrogens is 336 g/mol. The number of carbonyl (C=O) groups is 1. The van der Waals surface area contributed by atoms with E-state index in [1.54, 1.807) is 0 Å². The molecule has 1 atom stereocenters. The van der Waals surface area contributed by atoms with E-state index >= 15 is 0 Å². The molecule has 1 aromatic heterocycles. The first-order chi connectivity index (χ1) is 13.2. The minimum Gasteiger partial charge on any atom is -0.458 e. The molecule has 1 heterocycles. The number of esters is 1. The van der Waals surface area contributed by atoms with Crippen LogP contribution in [-0.4, -0.2) is 11.0 Å². The number of pyridine rings is 1. The predicted molar refractivity (Wildman–Crippen MR) is 110 cm³/mol. The summed E-state index contributed by atoms with van der Waals surface area (Å²) in [5.41, 5.74) is 4.18. The Labute approximate surface area is 160 Å². The molecule has 0 aliphatic heterocycles. The molecule has 140 valence electrons. The third-order valence-electron chi connectivity index (χ3n) is 4.57. The van der Waals surface area contributed by atoms with Gasteiger partial charge in [0.25, 0.3) is 0 Å². The lowest BCUT2D eigenvalue weighted by Crippen LogP contribution is -2.09. The summed E-state index contributed by atoms with van der Waals surface area (Å²) < 4.78 is 5.54. The molecule has 0 spiro atoms. The van der Waals surface area contributed by atoms with Crippen LogP contribution in [0.15, 0.2) is 60.8 Å². The third kappa shape index (κ3) is 5.07. The average molecular weight is 362 g/mol. The summed E-state index contributed by atoms with van der Waals surface area (Å²) >= 11 is 0. The first kappa shape index (κ1) is 18.9. The smallest absolute Gasteiger partial charge is 0.303 e. The molecule has 0 saturated heterocycles. The van der Waals surface area contributed by atoms with E-state index in [0.29, 0.717) is 6.54 Å². The Hall–Kier alpha value is -2.88. The van der Waals surface area contributed by atoms with E-state index in [1.807, 2.05) is 36.5 Å². The Morgan fingerprint density at radius 3 is 2.78 bits per heavy atom. The van der Waals surface area contributed by atoms with Gasteiger partial charge in [0.15, 0.2) is 0 Å². The second-order valence-electron chi connectivity index (χ2n) is 6.72. The molecule has 0 aliphatic carbocycles. The number of para-hydroxylation sites is 1. The minimum atomic E-state index is -0.235. The number of ether oxygens (including phenoxy) is 1. The molecule has 0 amide bonds. The highest BCUT2D eigenvalue weighted by Crippen LogP contribution is 2.26. The summed E-state index contributed by atoms with van der Waals surface area (Å²) in [5.74, 6) is -0.235.